The van der Waals surface area contributed by atoms with Gasteiger partial charge in [0.15, 0.2) is 0 Å². The van der Waals surface area contributed by atoms with Crippen LogP contribution in [0.3, 0.4) is 0 Å². The van der Waals surface area contributed by atoms with Gasteiger partial charge in [-0.05, 0) is 59.8 Å². The number of hydrogen-bond donors (Lipinski definition) is 3. The fourth-order valence-corrected chi connectivity index (χ4v) is 4.77. The molecule has 2 aliphatic carbocycles. The van der Waals surface area contributed by atoms with Crippen LogP contribution in [-0.2, 0) is 4.74 Å². The maximum atomic E-state index is 11.2. The van der Waals surface area contributed by atoms with Crippen LogP contribution in [0.2, 0.25) is 0 Å². The van der Waals surface area contributed by atoms with E-state index < -0.39 is 28.0 Å². The number of ether oxygens (including phenoxy) is 1. The zero-order valence-electron chi connectivity index (χ0n) is 12.4. The van der Waals surface area contributed by atoms with Crippen LogP contribution in [0.5, 0.6) is 0 Å². The van der Waals surface area contributed by atoms with Crippen molar-refractivity contribution in [1.82, 2.24) is 0 Å². The molecular formula is C15H26O4. The van der Waals surface area contributed by atoms with Crippen LogP contribution < -0.4 is 0 Å². The van der Waals surface area contributed by atoms with Gasteiger partial charge in [0.2, 0.25) is 0 Å². The van der Waals surface area contributed by atoms with E-state index >= 15 is 0 Å². The number of fused-ring (bicyclic) bond motifs is 2. The third-order valence-corrected chi connectivity index (χ3v) is 6.41. The summed E-state index contributed by atoms with van der Waals surface area (Å²) in [4.78, 5) is 0. The van der Waals surface area contributed by atoms with E-state index in [2.05, 4.69) is 0 Å². The van der Waals surface area contributed by atoms with Crippen molar-refractivity contribution in [3.63, 3.8) is 0 Å². The van der Waals surface area contributed by atoms with Gasteiger partial charge in [0.1, 0.15) is 0 Å². The van der Waals surface area contributed by atoms with Gasteiger partial charge in [0.05, 0.1) is 28.0 Å². The van der Waals surface area contributed by atoms with Gasteiger partial charge in [-0.15, -0.1) is 0 Å². The van der Waals surface area contributed by atoms with Gasteiger partial charge in [0, 0.05) is 5.92 Å². The maximum absolute atomic E-state index is 11.2. The van der Waals surface area contributed by atoms with Crippen molar-refractivity contribution in [1.29, 1.82) is 0 Å². The van der Waals surface area contributed by atoms with Crippen molar-refractivity contribution < 1.29 is 20.1 Å². The lowest BCUT2D eigenvalue weighted by Gasteiger charge is -2.53. The standard InChI is InChI=1S/C15H26O4/c1-11(2)14(17)7-6-13(4,19-11)15(18)8-5-12(3,16)10(15)9-14/h10,16-18H,5-9H2,1-4H3/t10-,12+,13+,14-,15-/m0/s1. The third kappa shape index (κ3) is 1.49. The minimum Gasteiger partial charge on any atom is -0.390 e. The van der Waals surface area contributed by atoms with Crippen molar-refractivity contribution in [3.05, 3.63) is 0 Å². The van der Waals surface area contributed by atoms with Crippen LogP contribution in [0, 0.1) is 5.92 Å². The summed E-state index contributed by atoms with van der Waals surface area (Å²) in [6.45, 7) is 7.50. The van der Waals surface area contributed by atoms with Crippen LogP contribution in [-0.4, -0.2) is 43.3 Å². The van der Waals surface area contributed by atoms with E-state index in [4.69, 9.17) is 4.74 Å². The molecule has 0 spiro atoms. The van der Waals surface area contributed by atoms with Gasteiger partial charge in [0.25, 0.3) is 0 Å². The molecule has 4 aliphatic rings. The van der Waals surface area contributed by atoms with Gasteiger partial charge >= 0.3 is 0 Å². The van der Waals surface area contributed by atoms with E-state index in [1.165, 1.54) is 0 Å². The molecular weight excluding hydrogens is 244 g/mol. The van der Waals surface area contributed by atoms with Gasteiger partial charge in [-0.2, -0.15) is 0 Å². The van der Waals surface area contributed by atoms with Crippen molar-refractivity contribution in [2.24, 2.45) is 5.92 Å². The topological polar surface area (TPSA) is 69.9 Å². The first-order valence-electron chi connectivity index (χ1n) is 7.33. The molecule has 0 aromatic rings. The van der Waals surface area contributed by atoms with E-state index in [1.807, 2.05) is 20.8 Å². The van der Waals surface area contributed by atoms with Crippen molar-refractivity contribution in [2.75, 3.05) is 0 Å². The van der Waals surface area contributed by atoms with Crippen LogP contribution >= 0.6 is 0 Å². The molecule has 2 heterocycles. The molecule has 2 bridgehead atoms. The average Bonchev–Trinajstić information content (AvgIpc) is 2.41. The van der Waals surface area contributed by atoms with Crippen molar-refractivity contribution >= 4 is 0 Å². The Labute approximate surface area is 114 Å². The second kappa shape index (κ2) is 3.35. The molecule has 0 aromatic heterocycles. The van der Waals surface area contributed by atoms with Crippen LogP contribution in [0.15, 0.2) is 0 Å². The highest BCUT2D eigenvalue weighted by Crippen LogP contribution is 2.62. The highest BCUT2D eigenvalue weighted by Gasteiger charge is 2.71. The molecule has 3 N–H and O–H groups in total. The second-order valence-corrected chi connectivity index (χ2v) is 7.91. The quantitative estimate of drug-likeness (QED) is 0.621. The summed E-state index contributed by atoms with van der Waals surface area (Å²) < 4.78 is 6.19. The van der Waals surface area contributed by atoms with E-state index in [1.54, 1.807) is 6.92 Å². The monoisotopic (exact) mass is 270 g/mol. The normalized spacial score (nSPS) is 59.8. The summed E-state index contributed by atoms with van der Waals surface area (Å²) in [6, 6.07) is 0. The predicted molar refractivity (Wildman–Crippen MR) is 70.7 cm³/mol. The molecule has 0 amide bonds. The fraction of sp³-hybridized carbons (Fsp3) is 1.00. The van der Waals surface area contributed by atoms with Crippen LogP contribution in [0.25, 0.3) is 0 Å². The summed E-state index contributed by atoms with van der Waals surface area (Å²) >= 11 is 0. The largest absolute Gasteiger partial charge is 0.390 e. The third-order valence-electron chi connectivity index (χ3n) is 6.41. The Morgan fingerprint density at radius 3 is 2.11 bits per heavy atom. The second-order valence-electron chi connectivity index (χ2n) is 7.91. The SMILES string of the molecule is CC1(C)O[C@]2(C)CC[C@]1(O)C[C@H]1[C@](C)(O)CC[C@]12O. The average molecular weight is 270 g/mol. The molecule has 4 fully saturated rings. The number of aliphatic hydroxyl groups is 3. The molecule has 2 saturated heterocycles. The van der Waals surface area contributed by atoms with E-state index in [9.17, 15) is 15.3 Å². The molecule has 19 heavy (non-hydrogen) atoms. The van der Waals surface area contributed by atoms with Gasteiger partial charge in [-0.25, -0.2) is 0 Å². The Morgan fingerprint density at radius 2 is 1.53 bits per heavy atom. The molecule has 0 radical (unpaired) electrons. The Bertz CT molecular complexity index is 418. The molecule has 110 valence electrons. The molecule has 4 rings (SSSR count). The van der Waals surface area contributed by atoms with E-state index in [0.717, 1.165) is 0 Å². The summed E-state index contributed by atoms with van der Waals surface area (Å²) in [7, 11) is 0. The Hall–Kier alpha value is -0.160. The van der Waals surface area contributed by atoms with Gasteiger partial charge in [-0.3, -0.25) is 0 Å². The number of rotatable bonds is 0. The predicted octanol–water partition coefficient (Wildman–Crippen LogP) is 1.36. The Kier molecular flexibility index (Phi) is 2.44. The highest BCUT2D eigenvalue weighted by molar-refractivity contribution is 5.22. The molecule has 2 aliphatic heterocycles. The zero-order chi connectivity index (χ0) is 14.3. The Morgan fingerprint density at radius 1 is 0.895 bits per heavy atom. The molecule has 2 saturated carbocycles. The summed E-state index contributed by atoms with van der Waals surface area (Å²) in [6.07, 6.45) is 2.75. The van der Waals surface area contributed by atoms with Crippen molar-refractivity contribution in [2.45, 2.75) is 87.8 Å². The Balaban J connectivity index is 2.15. The van der Waals surface area contributed by atoms with Gasteiger partial charge in [-0.1, -0.05) is 0 Å². The van der Waals surface area contributed by atoms with Gasteiger partial charge < -0.3 is 20.1 Å². The minimum atomic E-state index is -1.05. The number of hydrogen-bond acceptors (Lipinski definition) is 4. The minimum absolute atomic E-state index is 0.334. The smallest absolute Gasteiger partial charge is 0.0991 e. The lowest BCUT2D eigenvalue weighted by molar-refractivity contribution is -0.283. The van der Waals surface area contributed by atoms with Crippen LogP contribution in [0.4, 0.5) is 0 Å². The lowest BCUT2D eigenvalue weighted by atomic mass is 9.72. The lowest BCUT2D eigenvalue weighted by Crippen LogP contribution is -2.63. The molecule has 5 atom stereocenters. The zero-order valence-corrected chi connectivity index (χ0v) is 12.4. The van der Waals surface area contributed by atoms with E-state index in [0.29, 0.717) is 32.1 Å². The fourth-order valence-electron chi connectivity index (χ4n) is 4.77. The summed E-state index contributed by atoms with van der Waals surface area (Å²) in [5, 5.41) is 32.8. The molecule has 0 unspecified atom stereocenters. The van der Waals surface area contributed by atoms with Crippen LogP contribution in [0.1, 0.15) is 59.8 Å². The van der Waals surface area contributed by atoms with E-state index in [-0.39, 0.29) is 5.92 Å². The summed E-state index contributed by atoms with van der Waals surface area (Å²) in [5.41, 5.74) is -4.34. The van der Waals surface area contributed by atoms with Crippen molar-refractivity contribution in [3.8, 4) is 0 Å². The molecule has 4 nitrogen and oxygen atoms in total. The molecule has 0 aromatic carbocycles. The first-order chi connectivity index (χ1) is 8.46. The maximum Gasteiger partial charge on any atom is 0.0991 e. The highest BCUT2D eigenvalue weighted by atomic mass is 16.6. The first-order valence-corrected chi connectivity index (χ1v) is 7.33. The summed E-state index contributed by atoms with van der Waals surface area (Å²) in [5.74, 6) is -0.334. The first kappa shape index (κ1) is 13.8. The molecule has 4 heteroatoms.